The van der Waals surface area contributed by atoms with Crippen LogP contribution < -0.4 is 20.9 Å². The molecule has 3 N–H and O–H groups in total. The van der Waals surface area contributed by atoms with E-state index in [1.165, 1.54) is 0 Å². The number of nitrogens with two attached hydrogens (primary N) is 1. The van der Waals surface area contributed by atoms with Gasteiger partial charge in [0.1, 0.15) is 11.3 Å². The molecule has 3 aromatic rings. The van der Waals surface area contributed by atoms with E-state index in [1.54, 1.807) is 4.57 Å². The molecule has 3 heterocycles. The van der Waals surface area contributed by atoms with Crippen LogP contribution in [-0.2, 0) is 13.0 Å². The lowest BCUT2D eigenvalue weighted by Crippen LogP contribution is -2.18. The number of benzene rings is 1. The van der Waals surface area contributed by atoms with E-state index in [0.29, 0.717) is 43.3 Å². The van der Waals surface area contributed by atoms with Crippen molar-refractivity contribution in [1.82, 2.24) is 19.5 Å². The molecule has 136 valence electrons. The van der Waals surface area contributed by atoms with Crippen LogP contribution >= 0.6 is 0 Å². The molecule has 1 aliphatic heterocycles. The highest BCUT2D eigenvalue weighted by molar-refractivity contribution is 5.81. The molecule has 0 saturated heterocycles. The second kappa shape index (κ2) is 6.70. The number of anilines is 1. The molecule has 26 heavy (non-hydrogen) atoms. The van der Waals surface area contributed by atoms with Gasteiger partial charge in [0.15, 0.2) is 11.5 Å². The van der Waals surface area contributed by atoms with Crippen LogP contribution in [0.3, 0.4) is 0 Å². The molecule has 0 saturated carbocycles. The molecule has 1 aromatic carbocycles. The summed E-state index contributed by atoms with van der Waals surface area (Å²) in [6.07, 6.45) is 1.46. The van der Waals surface area contributed by atoms with Gasteiger partial charge in [0.25, 0.3) is 0 Å². The van der Waals surface area contributed by atoms with Crippen LogP contribution in [0.5, 0.6) is 11.8 Å². The minimum Gasteiger partial charge on any atom is -0.493 e. The van der Waals surface area contributed by atoms with E-state index >= 15 is 0 Å². The molecule has 0 amide bonds. The number of ether oxygens (including phenoxy) is 2. The van der Waals surface area contributed by atoms with Gasteiger partial charge in [-0.1, -0.05) is 19.1 Å². The summed E-state index contributed by atoms with van der Waals surface area (Å²) in [7, 11) is 0. The number of hydrogen-bond acceptors (Lipinski definition) is 6. The van der Waals surface area contributed by atoms with Gasteiger partial charge in [0.05, 0.1) is 13.2 Å². The van der Waals surface area contributed by atoms with Gasteiger partial charge in [-0.15, -0.1) is 0 Å². The van der Waals surface area contributed by atoms with E-state index in [1.807, 2.05) is 24.3 Å². The van der Waals surface area contributed by atoms with Gasteiger partial charge < -0.3 is 20.2 Å². The Morgan fingerprint density at radius 2 is 2.19 bits per heavy atom. The molecule has 1 aliphatic rings. The summed E-state index contributed by atoms with van der Waals surface area (Å²) in [6, 6.07) is 8.13. The van der Waals surface area contributed by atoms with Crippen LogP contribution in [0.2, 0.25) is 0 Å². The van der Waals surface area contributed by atoms with Gasteiger partial charge >= 0.3 is 11.7 Å². The SMILES string of the molecule is CC1CCOc2nc(N)c3[nH]c(=O)n(c3n2)CCc2cccc(c2)OC1. The van der Waals surface area contributed by atoms with Gasteiger partial charge in [-0.3, -0.25) is 4.57 Å². The van der Waals surface area contributed by atoms with Gasteiger partial charge in [0.2, 0.25) is 0 Å². The minimum atomic E-state index is -0.261. The third-order valence-corrected chi connectivity index (χ3v) is 4.53. The average Bonchev–Trinajstić information content (AvgIpc) is 2.94. The zero-order valence-corrected chi connectivity index (χ0v) is 14.6. The van der Waals surface area contributed by atoms with E-state index in [0.717, 1.165) is 17.7 Å². The molecule has 8 nitrogen and oxygen atoms in total. The predicted octanol–water partition coefficient (Wildman–Crippen LogP) is 1.74. The Kier molecular flexibility index (Phi) is 4.24. The fourth-order valence-electron chi connectivity index (χ4n) is 3.01. The zero-order valence-electron chi connectivity index (χ0n) is 14.6. The maximum absolute atomic E-state index is 12.3. The largest absolute Gasteiger partial charge is 0.493 e. The first kappa shape index (κ1) is 16.4. The van der Waals surface area contributed by atoms with Gasteiger partial charge in [0, 0.05) is 6.54 Å². The molecular formula is C18H21N5O3. The Bertz CT molecular complexity index is 994. The second-order valence-corrected chi connectivity index (χ2v) is 6.62. The summed E-state index contributed by atoms with van der Waals surface area (Å²) in [5, 5.41) is 0. The molecule has 2 aromatic heterocycles. The first-order valence-electron chi connectivity index (χ1n) is 8.71. The van der Waals surface area contributed by atoms with Gasteiger partial charge in [-0.2, -0.15) is 9.97 Å². The van der Waals surface area contributed by atoms with Gasteiger partial charge in [-0.05, 0) is 36.5 Å². The minimum absolute atomic E-state index is 0.186. The molecule has 4 bridgehead atoms. The fourth-order valence-corrected chi connectivity index (χ4v) is 3.01. The topological polar surface area (TPSA) is 108 Å². The van der Waals surface area contributed by atoms with Crippen molar-refractivity contribution < 1.29 is 9.47 Å². The molecule has 1 unspecified atom stereocenters. The summed E-state index contributed by atoms with van der Waals surface area (Å²) < 4.78 is 13.1. The smallest absolute Gasteiger partial charge is 0.327 e. The fraction of sp³-hybridized carbons (Fsp3) is 0.389. The van der Waals surface area contributed by atoms with Crippen LogP contribution in [-0.4, -0.2) is 32.7 Å². The van der Waals surface area contributed by atoms with Crippen molar-refractivity contribution in [2.45, 2.75) is 26.3 Å². The summed E-state index contributed by atoms with van der Waals surface area (Å²) in [4.78, 5) is 23.6. The second-order valence-electron chi connectivity index (χ2n) is 6.62. The van der Waals surface area contributed by atoms with Crippen molar-refractivity contribution in [2.75, 3.05) is 18.9 Å². The highest BCUT2D eigenvalue weighted by atomic mass is 16.5. The number of fused-ring (bicyclic) bond motifs is 3. The number of nitrogens with zero attached hydrogens (tertiary/aromatic N) is 3. The Balaban J connectivity index is 1.76. The van der Waals surface area contributed by atoms with Crippen LogP contribution in [0.4, 0.5) is 5.82 Å². The van der Waals surface area contributed by atoms with Crippen molar-refractivity contribution in [2.24, 2.45) is 5.92 Å². The Morgan fingerprint density at radius 1 is 1.31 bits per heavy atom. The quantitative estimate of drug-likeness (QED) is 0.636. The van der Waals surface area contributed by atoms with Crippen molar-refractivity contribution >= 4 is 17.0 Å². The summed E-state index contributed by atoms with van der Waals surface area (Å²) >= 11 is 0. The maximum Gasteiger partial charge on any atom is 0.327 e. The van der Waals surface area contributed by atoms with Crippen LogP contribution in [0.1, 0.15) is 18.9 Å². The lowest BCUT2D eigenvalue weighted by atomic mass is 10.1. The Morgan fingerprint density at radius 3 is 3.08 bits per heavy atom. The van der Waals surface area contributed by atoms with Crippen molar-refractivity contribution in [3.8, 4) is 11.8 Å². The molecule has 4 rings (SSSR count). The number of hydrogen-bond donors (Lipinski definition) is 2. The third-order valence-electron chi connectivity index (χ3n) is 4.53. The number of H-pyrrole nitrogens is 1. The standard InChI is InChI=1S/C18H21N5O3/c1-11-6-8-25-17-21-15(19)14-16(22-17)23(18(24)20-14)7-5-12-3-2-4-13(9-12)26-10-11/h2-4,9,11H,5-8,10H2,1H3,(H,20,24)(H2,19,21,22). The van der Waals surface area contributed by atoms with E-state index in [9.17, 15) is 4.79 Å². The highest BCUT2D eigenvalue weighted by Gasteiger charge is 2.15. The van der Waals surface area contributed by atoms with Crippen molar-refractivity contribution in [1.29, 1.82) is 0 Å². The molecular weight excluding hydrogens is 334 g/mol. The molecule has 1 atom stereocenters. The highest BCUT2D eigenvalue weighted by Crippen LogP contribution is 2.20. The number of nitrogen functional groups attached to an aromatic ring is 1. The third kappa shape index (κ3) is 3.22. The number of nitrogens with one attached hydrogen (secondary N) is 1. The number of imidazole rings is 1. The Labute approximate surface area is 150 Å². The number of aromatic nitrogens is 4. The zero-order chi connectivity index (χ0) is 18.1. The van der Waals surface area contributed by atoms with Crippen LogP contribution in [0.15, 0.2) is 29.1 Å². The van der Waals surface area contributed by atoms with E-state index in [-0.39, 0.29) is 17.5 Å². The van der Waals surface area contributed by atoms with Crippen LogP contribution in [0.25, 0.3) is 11.2 Å². The maximum atomic E-state index is 12.3. The molecule has 0 radical (unpaired) electrons. The summed E-state index contributed by atoms with van der Waals surface area (Å²) in [5.41, 5.74) is 7.71. The predicted molar refractivity (Wildman–Crippen MR) is 97.5 cm³/mol. The summed E-state index contributed by atoms with van der Waals surface area (Å²) in [5.74, 6) is 1.36. The van der Waals surface area contributed by atoms with Crippen molar-refractivity contribution in [3.05, 3.63) is 40.3 Å². The Hall–Kier alpha value is -3.03. The number of aryl methyl sites for hydroxylation is 2. The first-order chi connectivity index (χ1) is 12.6. The van der Waals surface area contributed by atoms with E-state index < -0.39 is 0 Å². The van der Waals surface area contributed by atoms with E-state index in [4.69, 9.17) is 15.2 Å². The molecule has 0 fully saturated rings. The van der Waals surface area contributed by atoms with E-state index in [2.05, 4.69) is 21.9 Å². The molecule has 0 aliphatic carbocycles. The number of rotatable bonds is 0. The lowest BCUT2D eigenvalue weighted by molar-refractivity contribution is 0.211. The molecule has 0 spiro atoms. The van der Waals surface area contributed by atoms with Crippen LogP contribution in [0, 0.1) is 5.92 Å². The van der Waals surface area contributed by atoms with Crippen molar-refractivity contribution in [3.63, 3.8) is 0 Å². The monoisotopic (exact) mass is 355 g/mol. The summed E-state index contributed by atoms with van der Waals surface area (Å²) in [6.45, 7) is 3.63. The van der Waals surface area contributed by atoms with Gasteiger partial charge in [-0.25, -0.2) is 4.79 Å². The lowest BCUT2D eigenvalue weighted by Gasteiger charge is -2.13. The molecule has 8 heteroatoms. The normalized spacial score (nSPS) is 18.0. The number of aromatic amines is 1. The average molecular weight is 355 g/mol. The first-order valence-corrected chi connectivity index (χ1v) is 8.71.